The summed E-state index contributed by atoms with van der Waals surface area (Å²) in [5, 5.41) is 1.93. The van der Waals surface area contributed by atoms with E-state index in [1.54, 1.807) is 0 Å². The predicted molar refractivity (Wildman–Crippen MR) is 102 cm³/mol. The van der Waals surface area contributed by atoms with E-state index in [9.17, 15) is 0 Å². The van der Waals surface area contributed by atoms with Gasteiger partial charge in [-0.1, -0.05) is 48.9 Å². The molecule has 1 aliphatic rings. The van der Waals surface area contributed by atoms with Crippen molar-refractivity contribution in [3.05, 3.63) is 64.8 Å². The second-order valence-electron chi connectivity index (χ2n) is 6.37. The number of pyridine rings is 1. The number of benzene rings is 2. The van der Waals surface area contributed by atoms with Crippen LogP contribution in [0.3, 0.4) is 0 Å². The van der Waals surface area contributed by atoms with Gasteiger partial charge in [0.05, 0.1) is 5.52 Å². The molecule has 3 heteroatoms. The Kier molecular flexibility index (Phi) is 4.26. The van der Waals surface area contributed by atoms with Crippen molar-refractivity contribution in [2.45, 2.75) is 19.8 Å². The second-order valence-corrected chi connectivity index (χ2v) is 6.81. The molecule has 0 unspecified atom stereocenters. The van der Waals surface area contributed by atoms with E-state index >= 15 is 0 Å². The highest BCUT2D eigenvalue weighted by molar-refractivity contribution is 6.31. The van der Waals surface area contributed by atoms with Crippen molar-refractivity contribution in [2.75, 3.05) is 19.6 Å². The van der Waals surface area contributed by atoms with Gasteiger partial charge in [-0.25, -0.2) is 0 Å². The molecule has 2 aromatic carbocycles. The van der Waals surface area contributed by atoms with E-state index in [1.807, 2.05) is 12.1 Å². The summed E-state index contributed by atoms with van der Waals surface area (Å²) in [5.74, 6) is 0. The summed E-state index contributed by atoms with van der Waals surface area (Å²) < 4.78 is 0. The zero-order valence-electron chi connectivity index (χ0n) is 13.9. The number of hydrogen-bond acceptors (Lipinski definition) is 2. The van der Waals surface area contributed by atoms with E-state index in [1.165, 1.54) is 22.4 Å². The summed E-state index contributed by atoms with van der Waals surface area (Å²) in [7, 11) is 0. The van der Waals surface area contributed by atoms with E-state index in [2.05, 4.69) is 48.2 Å². The number of nitrogens with zero attached hydrogens (tertiary/aromatic N) is 2. The molecular weight excluding hydrogens is 316 g/mol. The Morgan fingerprint density at radius 2 is 1.83 bits per heavy atom. The molecule has 2 nitrogen and oxygen atoms in total. The Morgan fingerprint density at radius 3 is 2.62 bits per heavy atom. The number of fused-ring (bicyclic) bond motifs is 2. The molecule has 0 saturated carbocycles. The fraction of sp³-hybridized carbons (Fsp3) is 0.286. The van der Waals surface area contributed by atoms with Crippen LogP contribution in [0, 0.1) is 0 Å². The lowest BCUT2D eigenvalue weighted by atomic mass is 9.92. The van der Waals surface area contributed by atoms with Crippen molar-refractivity contribution in [3.8, 4) is 11.1 Å². The maximum absolute atomic E-state index is 6.30. The summed E-state index contributed by atoms with van der Waals surface area (Å²) in [4.78, 5) is 7.49. The molecular formula is C21H21ClN2. The number of rotatable bonds is 2. The van der Waals surface area contributed by atoms with Crippen LogP contribution in [0.15, 0.2) is 48.5 Å². The van der Waals surface area contributed by atoms with Crippen LogP contribution in [0.5, 0.6) is 0 Å². The van der Waals surface area contributed by atoms with E-state index < -0.39 is 0 Å². The summed E-state index contributed by atoms with van der Waals surface area (Å²) in [6.07, 6.45) is 2.06. The highest BCUT2D eigenvalue weighted by Crippen LogP contribution is 2.35. The lowest BCUT2D eigenvalue weighted by molar-refractivity contribution is 0.303. The van der Waals surface area contributed by atoms with Crippen molar-refractivity contribution in [1.82, 2.24) is 9.88 Å². The molecule has 1 aromatic heterocycles. The van der Waals surface area contributed by atoms with Gasteiger partial charge in [0.2, 0.25) is 0 Å². The summed E-state index contributed by atoms with van der Waals surface area (Å²) in [6.45, 7) is 5.51. The quantitative estimate of drug-likeness (QED) is 0.656. The SMILES string of the molecule is CCN1CCc2nc3ccc(Cl)cc3c(-c3ccccc3)c2CC1. The maximum atomic E-state index is 6.30. The first kappa shape index (κ1) is 15.6. The van der Waals surface area contributed by atoms with E-state index in [4.69, 9.17) is 16.6 Å². The zero-order valence-corrected chi connectivity index (χ0v) is 14.7. The van der Waals surface area contributed by atoms with Crippen molar-refractivity contribution in [3.63, 3.8) is 0 Å². The monoisotopic (exact) mass is 336 g/mol. The molecule has 122 valence electrons. The first-order chi connectivity index (χ1) is 11.8. The van der Waals surface area contributed by atoms with Crippen LogP contribution in [-0.4, -0.2) is 29.5 Å². The minimum atomic E-state index is 0.769. The topological polar surface area (TPSA) is 16.1 Å². The fourth-order valence-electron chi connectivity index (χ4n) is 3.70. The molecule has 0 spiro atoms. The first-order valence-electron chi connectivity index (χ1n) is 8.65. The molecule has 0 aliphatic carbocycles. The highest BCUT2D eigenvalue weighted by atomic mass is 35.5. The third kappa shape index (κ3) is 2.81. The van der Waals surface area contributed by atoms with Gasteiger partial charge in [0.1, 0.15) is 0 Å². The van der Waals surface area contributed by atoms with Gasteiger partial charge in [0.15, 0.2) is 0 Å². The van der Waals surface area contributed by atoms with Crippen molar-refractivity contribution in [1.29, 1.82) is 0 Å². The molecule has 24 heavy (non-hydrogen) atoms. The van der Waals surface area contributed by atoms with Crippen LogP contribution in [-0.2, 0) is 12.8 Å². The Balaban J connectivity index is 1.99. The standard InChI is InChI=1S/C21H21ClN2/c1-2-24-12-10-17-20(11-13-24)23-19-9-8-16(22)14-18(19)21(17)15-6-4-3-5-7-15/h3-9,14H,2,10-13H2,1H3. The Labute approximate surface area is 148 Å². The normalized spacial score (nSPS) is 15.2. The summed E-state index contributed by atoms with van der Waals surface area (Å²) >= 11 is 6.30. The number of hydrogen-bond donors (Lipinski definition) is 0. The van der Waals surface area contributed by atoms with Crippen LogP contribution in [0.1, 0.15) is 18.2 Å². The first-order valence-corrected chi connectivity index (χ1v) is 9.03. The Morgan fingerprint density at radius 1 is 1.04 bits per heavy atom. The Bertz CT molecular complexity index is 874. The predicted octanol–water partition coefficient (Wildman–Crippen LogP) is 4.98. The van der Waals surface area contributed by atoms with Gasteiger partial charge < -0.3 is 4.90 Å². The third-order valence-electron chi connectivity index (χ3n) is 4.99. The maximum Gasteiger partial charge on any atom is 0.0712 e. The summed E-state index contributed by atoms with van der Waals surface area (Å²) in [5.41, 5.74) is 6.26. The van der Waals surface area contributed by atoms with Crippen LogP contribution < -0.4 is 0 Å². The van der Waals surface area contributed by atoms with Gasteiger partial charge in [-0.15, -0.1) is 0 Å². The van der Waals surface area contributed by atoms with Gasteiger partial charge in [0.25, 0.3) is 0 Å². The second kappa shape index (κ2) is 6.54. The number of aromatic nitrogens is 1. The average Bonchev–Trinajstić information content (AvgIpc) is 2.82. The molecule has 0 N–H and O–H groups in total. The van der Waals surface area contributed by atoms with E-state index in [-0.39, 0.29) is 0 Å². The lowest BCUT2D eigenvalue weighted by Gasteiger charge is -2.17. The van der Waals surface area contributed by atoms with Crippen molar-refractivity contribution < 1.29 is 0 Å². The molecule has 3 aromatic rings. The van der Waals surface area contributed by atoms with Crippen LogP contribution in [0.25, 0.3) is 22.0 Å². The molecule has 0 bridgehead atoms. The third-order valence-corrected chi connectivity index (χ3v) is 5.22. The van der Waals surface area contributed by atoms with E-state index in [0.29, 0.717) is 0 Å². The summed E-state index contributed by atoms with van der Waals surface area (Å²) in [6, 6.07) is 16.7. The smallest absolute Gasteiger partial charge is 0.0712 e. The van der Waals surface area contributed by atoms with Crippen LogP contribution >= 0.6 is 11.6 Å². The molecule has 0 saturated heterocycles. The minimum Gasteiger partial charge on any atom is -0.303 e. The van der Waals surface area contributed by atoms with Crippen molar-refractivity contribution in [2.24, 2.45) is 0 Å². The van der Waals surface area contributed by atoms with Gasteiger partial charge in [-0.05, 0) is 47.9 Å². The molecule has 1 aliphatic heterocycles. The fourth-order valence-corrected chi connectivity index (χ4v) is 3.87. The molecule has 0 radical (unpaired) electrons. The van der Waals surface area contributed by atoms with Gasteiger partial charge in [0, 0.05) is 35.6 Å². The molecule has 2 heterocycles. The molecule has 4 rings (SSSR count). The highest BCUT2D eigenvalue weighted by Gasteiger charge is 2.20. The van der Waals surface area contributed by atoms with Gasteiger partial charge >= 0.3 is 0 Å². The number of halogens is 1. The minimum absolute atomic E-state index is 0.769. The Hall–Kier alpha value is -1.90. The average molecular weight is 337 g/mol. The van der Waals surface area contributed by atoms with Gasteiger partial charge in [-0.2, -0.15) is 0 Å². The van der Waals surface area contributed by atoms with Crippen LogP contribution in [0.2, 0.25) is 5.02 Å². The lowest BCUT2D eigenvalue weighted by Crippen LogP contribution is -2.25. The van der Waals surface area contributed by atoms with E-state index in [0.717, 1.165) is 48.4 Å². The van der Waals surface area contributed by atoms with Crippen LogP contribution in [0.4, 0.5) is 0 Å². The van der Waals surface area contributed by atoms with Crippen molar-refractivity contribution >= 4 is 22.5 Å². The molecule has 0 atom stereocenters. The molecule has 0 fully saturated rings. The number of likely N-dealkylation sites (N-methyl/N-ethyl adjacent to an activating group) is 1. The zero-order chi connectivity index (χ0) is 16.5. The largest absolute Gasteiger partial charge is 0.303 e. The molecule has 0 amide bonds. The van der Waals surface area contributed by atoms with Gasteiger partial charge in [-0.3, -0.25) is 4.98 Å².